The van der Waals surface area contributed by atoms with Gasteiger partial charge in [-0.05, 0) is 25.1 Å². The molecular weight excluding hydrogens is 299 g/mol. The quantitative estimate of drug-likeness (QED) is 0.725. The molecule has 120 valence electrons. The number of nitrogens with zero attached hydrogens (tertiary/aromatic N) is 1. The van der Waals surface area contributed by atoms with E-state index in [1.807, 2.05) is 0 Å². The minimum atomic E-state index is -3.94. The fraction of sp³-hybridized carbons (Fsp3) is 0.538. The first-order valence-corrected chi connectivity index (χ1v) is 7.83. The minimum Gasteiger partial charge on any atom is -0.398 e. The number of nitrogen functional groups attached to an aromatic ring is 1. The highest BCUT2D eigenvalue weighted by atomic mass is 32.2. The number of nitrogens with two attached hydrogens (primary N) is 1. The van der Waals surface area contributed by atoms with Crippen molar-refractivity contribution in [2.24, 2.45) is 0 Å². The third-order valence-electron chi connectivity index (χ3n) is 2.98. The Labute approximate surface area is 124 Å². The Kier molecular flexibility index (Phi) is 6.53. The number of rotatable bonds is 8. The van der Waals surface area contributed by atoms with Crippen LogP contribution >= 0.6 is 0 Å². The molecule has 1 rings (SSSR count). The third kappa shape index (κ3) is 4.37. The summed E-state index contributed by atoms with van der Waals surface area (Å²) >= 11 is 0. The molecule has 1 aromatic carbocycles. The molecule has 0 aliphatic carbocycles. The van der Waals surface area contributed by atoms with Gasteiger partial charge < -0.3 is 15.2 Å². The molecule has 0 saturated carbocycles. The van der Waals surface area contributed by atoms with Crippen molar-refractivity contribution in [1.29, 1.82) is 0 Å². The van der Waals surface area contributed by atoms with Gasteiger partial charge in [-0.15, -0.1) is 0 Å². The molecule has 1 atom stereocenters. The van der Waals surface area contributed by atoms with Crippen LogP contribution in [-0.2, 0) is 19.5 Å². The first kappa shape index (κ1) is 17.8. The van der Waals surface area contributed by atoms with Crippen molar-refractivity contribution in [3.8, 4) is 0 Å². The highest BCUT2D eigenvalue weighted by molar-refractivity contribution is 7.89. The lowest BCUT2D eigenvalue weighted by molar-refractivity contribution is 0.119. The second kappa shape index (κ2) is 7.69. The summed E-state index contributed by atoms with van der Waals surface area (Å²) in [6, 6.07) is 2.84. The van der Waals surface area contributed by atoms with Crippen LogP contribution in [-0.4, -0.2) is 52.7 Å². The molecular formula is C13H21FN2O4S. The van der Waals surface area contributed by atoms with E-state index in [4.69, 9.17) is 15.2 Å². The second-order valence-electron chi connectivity index (χ2n) is 4.60. The van der Waals surface area contributed by atoms with Crippen molar-refractivity contribution >= 4 is 15.7 Å². The van der Waals surface area contributed by atoms with Crippen LogP contribution in [0.15, 0.2) is 23.1 Å². The zero-order valence-electron chi connectivity index (χ0n) is 12.4. The van der Waals surface area contributed by atoms with Crippen LogP contribution in [0, 0.1) is 5.82 Å². The summed E-state index contributed by atoms with van der Waals surface area (Å²) in [6.07, 6.45) is 0. The van der Waals surface area contributed by atoms with Crippen LogP contribution in [0.2, 0.25) is 0 Å². The lowest BCUT2D eigenvalue weighted by Crippen LogP contribution is -2.43. The van der Waals surface area contributed by atoms with Crippen LogP contribution in [0.5, 0.6) is 0 Å². The summed E-state index contributed by atoms with van der Waals surface area (Å²) in [6.45, 7) is 2.24. The third-order valence-corrected chi connectivity index (χ3v) is 5.05. The van der Waals surface area contributed by atoms with Crippen LogP contribution in [0.3, 0.4) is 0 Å². The van der Waals surface area contributed by atoms with Gasteiger partial charge in [-0.3, -0.25) is 0 Å². The van der Waals surface area contributed by atoms with Gasteiger partial charge in [0.15, 0.2) is 0 Å². The average molecular weight is 320 g/mol. The normalized spacial score (nSPS) is 13.6. The molecule has 0 radical (unpaired) electrons. The molecule has 2 N–H and O–H groups in total. The summed E-state index contributed by atoms with van der Waals surface area (Å²) in [5.74, 6) is -0.658. The highest BCUT2D eigenvalue weighted by Crippen LogP contribution is 2.24. The van der Waals surface area contributed by atoms with E-state index in [-0.39, 0.29) is 30.3 Å². The van der Waals surface area contributed by atoms with E-state index in [0.29, 0.717) is 0 Å². The molecule has 8 heteroatoms. The highest BCUT2D eigenvalue weighted by Gasteiger charge is 2.30. The Morgan fingerprint density at radius 1 is 1.33 bits per heavy atom. The number of ether oxygens (including phenoxy) is 2. The molecule has 0 heterocycles. The van der Waals surface area contributed by atoms with Gasteiger partial charge in [0.1, 0.15) is 10.7 Å². The van der Waals surface area contributed by atoms with E-state index in [1.165, 1.54) is 24.6 Å². The number of anilines is 1. The maximum Gasteiger partial charge on any atom is 0.245 e. The first-order chi connectivity index (χ1) is 9.84. The lowest BCUT2D eigenvalue weighted by Gasteiger charge is -2.28. The Balaban J connectivity index is 3.22. The van der Waals surface area contributed by atoms with E-state index in [1.54, 1.807) is 6.92 Å². The first-order valence-electron chi connectivity index (χ1n) is 6.39. The maximum atomic E-state index is 13.4. The molecule has 1 aromatic rings. The molecule has 0 fully saturated rings. The summed E-state index contributed by atoms with van der Waals surface area (Å²) < 4.78 is 49.9. The number of methoxy groups -OCH3 is 2. The fourth-order valence-electron chi connectivity index (χ4n) is 1.94. The largest absolute Gasteiger partial charge is 0.398 e. The molecule has 21 heavy (non-hydrogen) atoms. The molecule has 0 aliphatic rings. The summed E-state index contributed by atoms with van der Waals surface area (Å²) in [4.78, 5) is -0.249. The molecule has 0 aromatic heterocycles. The van der Waals surface area contributed by atoms with E-state index in [2.05, 4.69) is 0 Å². The van der Waals surface area contributed by atoms with Crippen molar-refractivity contribution in [2.45, 2.75) is 17.9 Å². The molecule has 0 amide bonds. The number of sulfonamides is 1. The standard InChI is InChI=1S/C13H21FN2O4S/c1-10(9-20-3)16(6-7-19-2)21(17,18)13-8-11(14)4-5-12(13)15/h4-5,8,10H,6-7,9,15H2,1-3H3. The molecule has 0 aliphatic heterocycles. The SMILES string of the molecule is COCCN(C(C)COC)S(=O)(=O)c1cc(F)ccc1N. The van der Waals surface area contributed by atoms with Gasteiger partial charge >= 0.3 is 0 Å². The number of hydrogen-bond acceptors (Lipinski definition) is 5. The van der Waals surface area contributed by atoms with Gasteiger partial charge in [0.05, 0.1) is 18.9 Å². The van der Waals surface area contributed by atoms with E-state index in [0.717, 1.165) is 12.1 Å². The van der Waals surface area contributed by atoms with Crippen molar-refractivity contribution in [3.63, 3.8) is 0 Å². The van der Waals surface area contributed by atoms with E-state index < -0.39 is 21.9 Å². The Morgan fingerprint density at radius 2 is 2.00 bits per heavy atom. The Hall–Kier alpha value is -1.22. The summed E-state index contributed by atoms with van der Waals surface area (Å²) in [5, 5.41) is 0. The van der Waals surface area contributed by atoms with Gasteiger partial charge in [-0.25, -0.2) is 12.8 Å². The van der Waals surface area contributed by atoms with Gasteiger partial charge in [-0.1, -0.05) is 0 Å². The fourth-order valence-corrected chi connectivity index (χ4v) is 3.67. The predicted molar refractivity (Wildman–Crippen MR) is 77.9 cm³/mol. The lowest BCUT2D eigenvalue weighted by atomic mass is 10.3. The van der Waals surface area contributed by atoms with Crippen molar-refractivity contribution in [2.75, 3.05) is 39.7 Å². The summed E-state index contributed by atoms with van der Waals surface area (Å²) in [5.41, 5.74) is 5.68. The van der Waals surface area contributed by atoms with Crippen LogP contribution < -0.4 is 5.73 Å². The van der Waals surface area contributed by atoms with E-state index >= 15 is 0 Å². The smallest absolute Gasteiger partial charge is 0.245 e. The zero-order chi connectivity index (χ0) is 16.0. The number of benzene rings is 1. The summed E-state index contributed by atoms with van der Waals surface area (Å²) in [7, 11) is -0.985. The van der Waals surface area contributed by atoms with Crippen molar-refractivity contribution in [3.05, 3.63) is 24.0 Å². The average Bonchev–Trinajstić information content (AvgIpc) is 2.42. The van der Waals surface area contributed by atoms with Crippen LogP contribution in [0.4, 0.5) is 10.1 Å². The maximum absolute atomic E-state index is 13.4. The zero-order valence-corrected chi connectivity index (χ0v) is 13.2. The monoisotopic (exact) mass is 320 g/mol. The van der Waals surface area contributed by atoms with E-state index in [9.17, 15) is 12.8 Å². The second-order valence-corrected chi connectivity index (χ2v) is 6.45. The minimum absolute atomic E-state index is 0.00318. The molecule has 0 spiro atoms. The van der Waals surface area contributed by atoms with Gasteiger partial charge in [0.25, 0.3) is 0 Å². The molecule has 0 bridgehead atoms. The van der Waals surface area contributed by atoms with Crippen molar-refractivity contribution in [1.82, 2.24) is 4.31 Å². The Morgan fingerprint density at radius 3 is 2.57 bits per heavy atom. The number of halogens is 1. The molecule has 6 nitrogen and oxygen atoms in total. The van der Waals surface area contributed by atoms with Gasteiger partial charge in [0.2, 0.25) is 10.0 Å². The topological polar surface area (TPSA) is 81.9 Å². The molecule has 1 unspecified atom stereocenters. The Bertz CT molecular complexity index is 565. The van der Waals surface area contributed by atoms with Crippen molar-refractivity contribution < 1.29 is 22.3 Å². The predicted octanol–water partition coefficient (Wildman–Crippen LogP) is 1.08. The van der Waals surface area contributed by atoms with Gasteiger partial charge in [-0.2, -0.15) is 4.31 Å². The van der Waals surface area contributed by atoms with Crippen LogP contribution in [0.25, 0.3) is 0 Å². The van der Waals surface area contributed by atoms with Gasteiger partial charge in [0, 0.05) is 26.8 Å². The molecule has 0 saturated heterocycles. The van der Waals surface area contributed by atoms with Crippen LogP contribution in [0.1, 0.15) is 6.92 Å². The number of hydrogen-bond donors (Lipinski definition) is 1.